The van der Waals surface area contributed by atoms with Gasteiger partial charge in [-0.1, -0.05) is 6.92 Å². The van der Waals surface area contributed by atoms with Crippen molar-refractivity contribution in [2.24, 2.45) is 0 Å². The lowest BCUT2D eigenvalue weighted by Crippen LogP contribution is -2.35. The van der Waals surface area contributed by atoms with E-state index in [0.717, 1.165) is 35.7 Å². The summed E-state index contributed by atoms with van der Waals surface area (Å²) in [5.41, 5.74) is 0. The smallest absolute Gasteiger partial charge is 0.242 e. The van der Waals surface area contributed by atoms with Crippen molar-refractivity contribution >= 4 is 21.4 Å². The van der Waals surface area contributed by atoms with Gasteiger partial charge in [-0.3, -0.25) is 0 Å². The van der Waals surface area contributed by atoms with E-state index in [4.69, 9.17) is 4.74 Å². The second-order valence-corrected chi connectivity index (χ2v) is 8.02. The molecule has 0 aliphatic carbocycles. The largest absolute Gasteiger partial charge is 0.380 e. The maximum Gasteiger partial charge on any atom is 0.242 e. The first-order chi connectivity index (χ1) is 9.53. The molecular formula is C13H22N2O3S2. The van der Waals surface area contributed by atoms with Gasteiger partial charge in [0, 0.05) is 28.9 Å². The van der Waals surface area contributed by atoms with Crippen LogP contribution in [0.2, 0.25) is 0 Å². The molecule has 2 rings (SSSR count). The lowest BCUT2D eigenvalue weighted by atomic mass is 10.3. The van der Waals surface area contributed by atoms with Crippen molar-refractivity contribution in [3.05, 3.63) is 15.8 Å². The van der Waals surface area contributed by atoms with Gasteiger partial charge in [0.2, 0.25) is 10.0 Å². The average molecular weight is 318 g/mol. The maximum absolute atomic E-state index is 12.4. The molecular weight excluding hydrogens is 296 g/mol. The number of sulfonamides is 1. The zero-order valence-corrected chi connectivity index (χ0v) is 13.6. The van der Waals surface area contributed by atoms with Crippen molar-refractivity contribution in [2.45, 2.75) is 44.2 Å². The van der Waals surface area contributed by atoms with Gasteiger partial charge >= 0.3 is 0 Å². The Morgan fingerprint density at radius 2 is 2.30 bits per heavy atom. The average Bonchev–Trinajstić information content (AvgIpc) is 2.99. The topological polar surface area (TPSA) is 67.4 Å². The molecule has 1 aliphatic heterocycles. The number of aryl methyl sites for hydroxylation is 1. The van der Waals surface area contributed by atoms with Crippen LogP contribution >= 0.6 is 11.3 Å². The number of ether oxygens (including phenoxy) is 1. The Labute approximate surface area is 124 Å². The molecule has 0 bridgehead atoms. The third-order valence-corrected chi connectivity index (χ3v) is 6.02. The van der Waals surface area contributed by atoms with Crippen LogP contribution in [0.4, 0.5) is 0 Å². The van der Waals surface area contributed by atoms with E-state index >= 15 is 0 Å². The van der Waals surface area contributed by atoms with Crippen LogP contribution in [0.25, 0.3) is 0 Å². The third-order valence-electron chi connectivity index (χ3n) is 3.19. The molecule has 1 atom stereocenters. The van der Waals surface area contributed by atoms with Gasteiger partial charge in [0.1, 0.15) is 0 Å². The molecule has 1 unspecified atom stereocenters. The molecule has 20 heavy (non-hydrogen) atoms. The Morgan fingerprint density at radius 1 is 1.50 bits per heavy atom. The van der Waals surface area contributed by atoms with E-state index in [1.54, 1.807) is 6.07 Å². The molecule has 0 saturated carbocycles. The maximum atomic E-state index is 12.4. The number of nitrogens with one attached hydrogen (secondary N) is 2. The predicted octanol–water partition coefficient (Wildman–Crippen LogP) is 1.62. The Balaban J connectivity index is 2.06. The minimum Gasteiger partial charge on any atom is -0.380 e. The summed E-state index contributed by atoms with van der Waals surface area (Å²) >= 11 is 1.54. The number of rotatable bonds is 7. The number of hydrogen-bond donors (Lipinski definition) is 2. The van der Waals surface area contributed by atoms with Crippen LogP contribution in [-0.4, -0.2) is 34.2 Å². The van der Waals surface area contributed by atoms with Gasteiger partial charge in [-0.2, -0.15) is 0 Å². The monoisotopic (exact) mass is 318 g/mol. The van der Waals surface area contributed by atoms with Crippen molar-refractivity contribution in [1.29, 1.82) is 0 Å². The molecule has 1 aromatic heterocycles. The first-order valence-electron chi connectivity index (χ1n) is 6.93. The molecule has 0 amide bonds. The first kappa shape index (κ1) is 15.9. The first-order valence-corrected chi connectivity index (χ1v) is 9.23. The van der Waals surface area contributed by atoms with Gasteiger partial charge < -0.3 is 10.1 Å². The molecule has 1 saturated heterocycles. The minimum atomic E-state index is -3.43. The number of thiophene rings is 1. The molecule has 0 radical (unpaired) electrons. The molecule has 1 fully saturated rings. The third kappa shape index (κ3) is 4.02. The molecule has 1 aromatic rings. The van der Waals surface area contributed by atoms with Gasteiger partial charge in [-0.05, 0) is 32.4 Å². The molecule has 2 N–H and O–H groups in total. The molecule has 114 valence electrons. The van der Waals surface area contributed by atoms with Crippen molar-refractivity contribution in [3.63, 3.8) is 0 Å². The van der Waals surface area contributed by atoms with Crippen LogP contribution in [0.15, 0.2) is 11.0 Å². The summed E-state index contributed by atoms with van der Waals surface area (Å²) in [6, 6.07) is 1.68. The van der Waals surface area contributed by atoms with Crippen molar-refractivity contribution in [1.82, 2.24) is 10.0 Å². The van der Waals surface area contributed by atoms with E-state index in [0.29, 0.717) is 18.1 Å². The van der Waals surface area contributed by atoms with E-state index in [2.05, 4.69) is 17.0 Å². The van der Waals surface area contributed by atoms with Crippen LogP contribution in [0.1, 0.15) is 29.5 Å². The van der Waals surface area contributed by atoms with E-state index in [1.165, 1.54) is 11.3 Å². The summed E-state index contributed by atoms with van der Waals surface area (Å²) in [6.45, 7) is 6.72. The van der Waals surface area contributed by atoms with Crippen molar-refractivity contribution < 1.29 is 13.2 Å². The molecule has 0 spiro atoms. The summed E-state index contributed by atoms with van der Waals surface area (Å²) in [4.78, 5) is 2.30. The highest BCUT2D eigenvalue weighted by atomic mass is 32.2. The van der Waals surface area contributed by atoms with Gasteiger partial charge in [0.05, 0.1) is 11.5 Å². The van der Waals surface area contributed by atoms with E-state index in [1.807, 2.05) is 6.92 Å². The highest BCUT2D eigenvalue weighted by Crippen LogP contribution is 2.26. The van der Waals surface area contributed by atoms with Crippen LogP contribution < -0.4 is 10.0 Å². The van der Waals surface area contributed by atoms with Gasteiger partial charge in [0.25, 0.3) is 0 Å². The normalized spacial score (nSPS) is 19.6. The van der Waals surface area contributed by atoms with Crippen molar-refractivity contribution in [2.75, 3.05) is 19.8 Å². The fraction of sp³-hybridized carbons (Fsp3) is 0.692. The van der Waals surface area contributed by atoms with Gasteiger partial charge in [0.15, 0.2) is 0 Å². The molecule has 0 aromatic carbocycles. The molecule has 2 heterocycles. The second kappa shape index (κ2) is 7.00. The summed E-state index contributed by atoms with van der Waals surface area (Å²) in [5, 5.41) is 3.29. The summed E-state index contributed by atoms with van der Waals surface area (Å²) in [6.07, 6.45) is 1.81. The van der Waals surface area contributed by atoms with E-state index < -0.39 is 10.0 Å². The lowest BCUT2D eigenvalue weighted by molar-refractivity contribution is 0.192. The summed E-state index contributed by atoms with van der Waals surface area (Å²) in [5.74, 6) is 0. The van der Waals surface area contributed by atoms with Crippen LogP contribution in [0, 0.1) is 6.92 Å². The predicted molar refractivity (Wildman–Crippen MR) is 80.6 cm³/mol. The lowest BCUT2D eigenvalue weighted by Gasteiger charge is -2.10. The Bertz CT molecular complexity index is 534. The van der Waals surface area contributed by atoms with Crippen LogP contribution in [0.3, 0.4) is 0 Å². The minimum absolute atomic E-state index is 0.0963. The fourth-order valence-electron chi connectivity index (χ4n) is 2.18. The van der Waals surface area contributed by atoms with Crippen LogP contribution in [-0.2, 0) is 21.3 Å². The Kier molecular flexibility index (Phi) is 5.57. The summed E-state index contributed by atoms with van der Waals surface area (Å²) in [7, 11) is -3.43. The standard InChI is InChI=1S/C13H22N2O3S2/c1-3-5-14-8-12-7-13(10(2)19-12)20(16,17)15-11-4-6-18-9-11/h7,11,14-15H,3-6,8-9H2,1-2H3. The summed E-state index contributed by atoms with van der Waals surface area (Å²) < 4.78 is 32.7. The van der Waals surface area contributed by atoms with E-state index in [-0.39, 0.29) is 6.04 Å². The zero-order chi connectivity index (χ0) is 14.6. The SMILES string of the molecule is CCCNCc1cc(S(=O)(=O)NC2CCOC2)c(C)s1. The highest BCUT2D eigenvalue weighted by molar-refractivity contribution is 7.89. The fourth-order valence-corrected chi connectivity index (χ4v) is 5.04. The number of hydrogen-bond acceptors (Lipinski definition) is 5. The second-order valence-electron chi connectivity index (χ2n) is 4.99. The highest BCUT2D eigenvalue weighted by Gasteiger charge is 2.25. The Morgan fingerprint density at radius 3 is 2.95 bits per heavy atom. The van der Waals surface area contributed by atoms with E-state index in [9.17, 15) is 8.42 Å². The van der Waals surface area contributed by atoms with Crippen LogP contribution in [0.5, 0.6) is 0 Å². The van der Waals surface area contributed by atoms with Gasteiger partial charge in [-0.25, -0.2) is 13.1 Å². The molecule has 1 aliphatic rings. The van der Waals surface area contributed by atoms with Gasteiger partial charge in [-0.15, -0.1) is 11.3 Å². The van der Waals surface area contributed by atoms with Crippen molar-refractivity contribution in [3.8, 4) is 0 Å². The molecule has 5 nitrogen and oxygen atoms in total. The quantitative estimate of drug-likeness (QED) is 0.750. The zero-order valence-electron chi connectivity index (χ0n) is 11.9. The molecule has 7 heteroatoms. The Hall–Kier alpha value is -0.470.